The molecule has 2 fully saturated rings. The predicted octanol–water partition coefficient (Wildman–Crippen LogP) is 2.44. The standard InChI is InChI=1S/C18H26N2O4S/c1-12-3-6-14(7-4-12)19-18(21)13-5-10-16(24-2)17(11-13)25(22,23)20-15-8-9-15/h5,10-12,14-15,20H,3-4,6-9H2,1-2H3,(H,19,21). The molecule has 1 amide bonds. The van der Waals surface area contributed by atoms with Crippen LogP contribution >= 0.6 is 0 Å². The van der Waals surface area contributed by atoms with E-state index in [4.69, 9.17) is 4.74 Å². The Hall–Kier alpha value is -1.60. The lowest BCUT2D eigenvalue weighted by Gasteiger charge is -2.27. The maximum Gasteiger partial charge on any atom is 0.251 e. The molecule has 2 aliphatic carbocycles. The van der Waals surface area contributed by atoms with Gasteiger partial charge in [-0.2, -0.15) is 0 Å². The molecule has 25 heavy (non-hydrogen) atoms. The van der Waals surface area contributed by atoms with Crippen LogP contribution in [0.5, 0.6) is 5.75 Å². The monoisotopic (exact) mass is 366 g/mol. The van der Waals surface area contributed by atoms with E-state index < -0.39 is 10.0 Å². The fourth-order valence-corrected chi connectivity index (χ4v) is 4.69. The van der Waals surface area contributed by atoms with Gasteiger partial charge in [-0.15, -0.1) is 0 Å². The second kappa shape index (κ2) is 7.33. The molecule has 138 valence electrons. The second-order valence-electron chi connectivity index (χ2n) is 7.19. The average Bonchev–Trinajstić information content (AvgIpc) is 3.39. The summed E-state index contributed by atoms with van der Waals surface area (Å²) >= 11 is 0. The van der Waals surface area contributed by atoms with Crippen molar-refractivity contribution >= 4 is 15.9 Å². The number of ether oxygens (including phenoxy) is 1. The van der Waals surface area contributed by atoms with Gasteiger partial charge in [0.25, 0.3) is 5.91 Å². The molecule has 7 heteroatoms. The van der Waals surface area contributed by atoms with Crippen molar-refractivity contribution in [1.82, 2.24) is 10.0 Å². The summed E-state index contributed by atoms with van der Waals surface area (Å²) in [5, 5.41) is 3.03. The molecule has 0 radical (unpaired) electrons. The third kappa shape index (κ3) is 4.52. The summed E-state index contributed by atoms with van der Waals surface area (Å²) in [4.78, 5) is 12.6. The van der Waals surface area contributed by atoms with Crippen LogP contribution in [0, 0.1) is 5.92 Å². The van der Waals surface area contributed by atoms with E-state index in [0.29, 0.717) is 11.5 Å². The second-order valence-corrected chi connectivity index (χ2v) is 8.87. The maximum absolute atomic E-state index is 12.5. The average molecular weight is 366 g/mol. The molecule has 2 saturated carbocycles. The largest absolute Gasteiger partial charge is 0.495 e. The summed E-state index contributed by atoms with van der Waals surface area (Å²) < 4.78 is 32.9. The Bertz CT molecular complexity index is 735. The van der Waals surface area contributed by atoms with Gasteiger partial charge in [0, 0.05) is 17.6 Å². The fourth-order valence-electron chi connectivity index (χ4n) is 3.19. The van der Waals surface area contributed by atoms with Gasteiger partial charge in [-0.1, -0.05) is 6.92 Å². The van der Waals surface area contributed by atoms with E-state index >= 15 is 0 Å². The highest BCUT2D eigenvalue weighted by atomic mass is 32.2. The number of methoxy groups -OCH3 is 1. The van der Waals surface area contributed by atoms with Crippen molar-refractivity contribution in [3.63, 3.8) is 0 Å². The number of amides is 1. The number of carbonyl (C=O) groups is 1. The maximum atomic E-state index is 12.5. The first kappa shape index (κ1) is 18.2. The predicted molar refractivity (Wildman–Crippen MR) is 95.2 cm³/mol. The Kier molecular flexibility index (Phi) is 5.34. The molecule has 0 spiro atoms. The number of rotatable bonds is 6. The van der Waals surface area contributed by atoms with Crippen molar-refractivity contribution in [2.75, 3.05) is 7.11 Å². The first-order valence-electron chi connectivity index (χ1n) is 8.90. The zero-order chi connectivity index (χ0) is 18.0. The van der Waals surface area contributed by atoms with Crippen LogP contribution in [0.1, 0.15) is 55.8 Å². The lowest BCUT2D eigenvalue weighted by Crippen LogP contribution is -2.37. The number of hydrogen-bond acceptors (Lipinski definition) is 4. The molecule has 1 aromatic carbocycles. The van der Waals surface area contributed by atoms with Crippen LogP contribution in [0.4, 0.5) is 0 Å². The molecule has 1 aromatic rings. The number of benzene rings is 1. The van der Waals surface area contributed by atoms with Gasteiger partial charge in [0.2, 0.25) is 10.0 Å². The molecular weight excluding hydrogens is 340 g/mol. The topological polar surface area (TPSA) is 84.5 Å². The van der Waals surface area contributed by atoms with Gasteiger partial charge in [0.05, 0.1) is 7.11 Å². The van der Waals surface area contributed by atoms with Gasteiger partial charge in [-0.05, 0) is 62.6 Å². The first-order valence-corrected chi connectivity index (χ1v) is 10.4. The van der Waals surface area contributed by atoms with E-state index in [9.17, 15) is 13.2 Å². The summed E-state index contributed by atoms with van der Waals surface area (Å²) in [6.07, 6.45) is 5.86. The molecule has 0 atom stereocenters. The summed E-state index contributed by atoms with van der Waals surface area (Å²) in [6, 6.07) is 4.71. The Morgan fingerprint density at radius 2 is 1.72 bits per heavy atom. The molecule has 3 rings (SSSR count). The van der Waals surface area contributed by atoms with Crippen LogP contribution in [-0.4, -0.2) is 33.5 Å². The molecule has 2 N–H and O–H groups in total. The van der Waals surface area contributed by atoms with Crippen molar-refractivity contribution in [2.45, 2.75) is 62.4 Å². The van der Waals surface area contributed by atoms with Crippen LogP contribution in [0.15, 0.2) is 23.1 Å². The van der Waals surface area contributed by atoms with Gasteiger partial charge in [-0.3, -0.25) is 4.79 Å². The van der Waals surface area contributed by atoms with Gasteiger partial charge in [-0.25, -0.2) is 13.1 Å². The van der Waals surface area contributed by atoms with Crippen LogP contribution in [0.2, 0.25) is 0 Å². The van der Waals surface area contributed by atoms with E-state index in [-0.39, 0.29) is 28.6 Å². The number of nitrogens with one attached hydrogen (secondary N) is 2. The third-order valence-corrected chi connectivity index (χ3v) is 6.51. The van der Waals surface area contributed by atoms with E-state index in [1.165, 1.54) is 13.2 Å². The Morgan fingerprint density at radius 1 is 1.08 bits per heavy atom. The van der Waals surface area contributed by atoms with Crippen molar-refractivity contribution in [1.29, 1.82) is 0 Å². The molecule has 0 saturated heterocycles. The molecular formula is C18H26N2O4S. The number of carbonyl (C=O) groups excluding carboxylic acids is 1. The lowest BCUT2D eigenvalue weighted by atomic mass is 9.87. The van der Waals surface area contributed by atoms with E-state index in [1.54, 1.807) is 12.1 Å². The summed E-state index contributed by atoms with van der Waals surface area (Å²) in [6.45, 7) is 2.23. The minimum atomic E-state index is -3.69. The van der Waals surface area contributed by atoms with Crippen molar-refractivity contribution < 1.29 is 17.9 Å². The zero-order valence-electron chi connectivity index (χ0n) is 14.7. The van der Waals surface area contributed by atoms with E-state index in [2.05, 4.69) is 17.0 Å². The Morgan fingerprint density at radius 3 is 2.32 bits per heavy atom. The smallest absolute Gasteiger partial charge is 0.251 e. The highest BCUT2D eigenvalue weighted by Crippen LogP contribution is 2.29. The van der Waals surface area contributed by atoms with Crippen LogP contribution in [-0.2, 0) is 10.0 Å². The highest BCUT2D eigenvalue weighted by molar-refractivity contribution is 7.89. The van der Waals surface area contributed by atoms with Gasteiger partial charge < -0.3 is 10.1 Å². The molecule has 2 aliphatic rings. The SMILES string of the molecule is COc1ccc(C(=O)NC2CCC(C)CC2)cc1S(=O)(=O)NC1CC1. The zero-order valence-corrected chi connectivity index (χ0v) is 15.6. The summed E-state index contributed by atoms with van der Waals surface area (Å²) in [5.41, 5.74) is 0.343. The minimum absolute atomic E-state index is 0.00332. The van der Waals surface area contributed by atoms with Gasteiger partial charge >= 0.3 is 0 Å². The molecule has 0 heterocycles. The third-order valence-electron chi connectivity index (χ3n) is 4.97. The number of sulfonamides is 1. The van der Waals surface area contributed by atoms with Crippen LogP contribution in [0.3, 0.4) is 0 Å². The Balaban J connectivity index is 1.77. The fraction of sp³-hybridized carbons (Fsp3) is 0.611. The molecule has 6 nitrogen and oxygen atoms in total. The van der Waals surface area contributed by atoms with Crippen LogP contribution in [0.25, 0.3) is 0 Å². The quantitative estimate of drug-likeness (QED) is 0.810. The summed E-state index contributed by atoms with van der Waals surface area (Å²) in [7, 11) is -2.27. The van der Waals surface area contributed by atoms with Gasteiger partial charge in [0.1, 0.15) is 10.6 Å². The van der Waals surface area contributed by atoms with Crippen LogP contribution < -0.4 is 14.8 Å². The lowest BCUT2D eigenvalue weighted by molar-refractivity contribution is 0.0922. The number of hydrogen-bond donors (Lipinski definition) is 2. The Labute approximate surface area is 149 Å². The van der Waals surface area contributed by atoms with E-state index in [0.717, 1.165) is 38.5 Å². The summed E-state index contributed by atoms with van der Waals surface area (Å²) in [5.74, 6) is 0.723. The first-order chi connectivity index (χ1) is 11.9. The van der Waals surface area contributed by atoms with E-state index in [1.807, 2.05) is 0 Å². The minimum Gasteiger partial charge on any atom is -0.495 e. The molecule has 0 aliphatic heterocycles. The normalized spacial score (nSPS) is 23.9. The van der Waals surface area contributed by atoms with Gasteiger partial charge in [0.15, 0.2) is 0 Å². The molecule has 0 bridgehead atoms. The highest BCUT2D eigenvalue weighted by Gasteiger charge is 2.30. The van der Waals surface area contributed by atoms with Crippen molar-refractivity contribution in [3.8, 4) is 5.75 Å². The molecule has 0 unspecified atom stereocenters. The van der Waals surface area contributed by atoms with Crippen molar-refractivity contribution in [3.05, 3.63) is 23.8 Å². The van der Waals surface area contributed by atoms with Crippen molar-refractivity contribution in [2.24, 2.45) is 5.92 Å². The molecule has 0 aromatic heterocycles.